The molecule has 1 aliphatic rings. The van der Waals surface area contributed by atoms with Crippen molar-refractivity contribution in [3.63, 3.8) is 0 Å². The van der Waals surface area contributed by atoms with Crippen LogP contribution in [0.15, 0.2) is 18.2 Å². The summed E-state index contributed by atoms with van der Waals surface area (Å²) in [5.74, 6) is 0. The van der Waals surface area contributed by atoms with Gasteiger partial charge in [0.05, 0.1) is 0 Å². The number of allylic oxidation sites excluding steroid dienone is 1. The minimum Gasteiger partial charge on any atom is -0.0836 e. The van der Waals surface area contributed by atoms with E-state index in [1.54, 1.807) is 0 Å². The van der Waals surface area contributed by atoms with Gasteiger partial charge >= 0.3 is 0 Å². The molecule has 0 spiro atoms. The first-order valence-electron chi connectivity index (χ1n) is 5.96. The molecular formula is C15H22. The van der Waals surface area contributed by atoms with Crippen molar-refractivity contribution in [2.45, 2.75) is 47.0 Å². The molecule has 0 heterocycles. The first kappa shape index (κ1) is 12.0. The van der Waals surface area contributed by atoms with E-state index in [1.807, 2.05) is 0 Å². The van der Waals surface area contributed by atoms with Crippen LogP contribution in [0.3, 0.4) is 0 Å². The van der Waals surface area contributed by atoms with Crippen LogP contribution in [0.5, 0.6) is 0 Å². The first-order valence-corrected chi connectivity index (χ1v) is 5.96. The van der Waals surface area contributed by atoms with Gasteiger partial charge in [0.1, 0.15) is 0 Å². The fourth-order valence-electron chi connectivity index (χ4n) is 1.78. The van der Waals surface area contributed by atoms with E-state index >= 15 is 0 Å². The highest BCUT2D eigenvalue weighted by atomic mass is 14.1. The van der Waals surface area contributed by atoms with Gasteiger partial charge < -0.3 is 0 Å². The third-order valence-corrected chi connectivity index (χ3v) is 2.74. The second-order valence-corrected chi connectivity index (χ2v) is 4.23. The molecule has 0 fully saturated rings. The molecule has 15 heavy (non-hydrogen) atoms. The van der Waals surface area contributed by atoms with Crippen LogP contribution in [-0.2, 0) is 6.42 Å². The minimum absolute atomic E-state index is 1.20. The topological polar surface area (TPSA) is 0 Å². The van der Waals surface area contributed by atoms with Crippen molar-refractivity contribution in [2.75, 3.05) is 0 Å². The van der Waals surface area contributed by atoms with Crippen LogP contribution >= 0.6 is 0 Å². The Morgan fingerprint density at radius 3 is 2.47 bits per heavy atom. The largest absolute Gasteiger partial charge is 0.0836 e. The van der Waals surface area contributed by atoms with Crippen LogP contribution in [0.4, 0.5) is 0 Å². The van der Waals surface area contributed by atoms with Crippen molar-refractivity contribution in [1.82, 2.24) is 0 Å². The van der Waals surface area contributed by atoms with Gasteiger partial charge in [0.2, 0.25) is 0 Å². The predicted molar refractivity (Wildman–Crippen MR) is 69.2 cm³/mol. The Kier molecular flexibility index (Phi) is 4.61. The summed E-state index contributed by atoms with van der Waals surface area (Å²) < 4.78 is 0. The molecule has 0 atom stereocenters. The first-order chi connectivity index (χ1) is 7.20. The molecule has 0 unspecified atom stereocenters. The van der Waals surface area contributed by atoms with Crippen LogP contribution in [0.2, 0.25) is 0 Å². The Bertz CT molecular complexity index is 345. The second kappa shape index (κ2) is 5.75. The number of fused-ring (bicyclic) bond motifs is 1. The molecular weight excluding hydrogens is 180 g/mol. The molecule has 1 aromatic carbocycles. The minimum atomic E-state index is 1.20. The SMILES string of the molecule is CCC.Cc1ccc2c(c1C)C=CCC2. The van der Waals surface area contributed by atoms with E-state index in [0.29, 0.717) is 0 Å². The van der Waals surface area contributed by atoms with Gasteiger partial charge in [-0.2, -0.15) is 0 Å². The van der Waals surface area contributed by atoms with Gasteiger partial charge in [0, 0.05) is 0 Å². The normalized spacial score (nSPS) is 12.8. The van der Waals surface area contributed by atoms with Gasteiger partial charge in [-0.1, -0.05) is 44.6 Å². The van der Waals surface area contributed by atoms with E-state index in [2.05, 4.69) is 52.0 Å². The van der Waals surface area contributed by atoms with Gasteiger partial charge in [-0.15, -0.1) is 0 Å². The van der Waals surface area contributed by atoms with Crippen LogP contribution in [0.25, 0.3) is 6.08 Å². The summed E-state index contributed by atoms with van der Waals surface area (Å²) >= 11 is 0. The van der Waals surface area contributed by atoms with E-state index < -0.39 is 0 Å². The van der Waals surface area contributed by atoms with E-state index in [4.69, 9.17) is 0 Å². The molecule has 0 aliphatic heterocycles. The quantitative estimate of drug-likeness (QED) is 0.573. The van der Waals surface area contributed by atoms with Crippen molar-refractivity contribution in [3.8, 4) is 0 Å². The fraction of sp³-hybridized carbons (Fsp3) is 0.467. The van der Waals surface area contributed by atoms with Crippen molar-refractivity contribution < 1.29 is 0 Å². The standard InChI is InChI=1S/C12H14.C3H8/c1-9-7-8-11-5-3-4-6-12(11)10(9)2;1-3-2/h4,6-8H,3,5H2,1-2H3;3H2,1-2H3. The smallest absolute Gasteiger partial charge is 0.0196 e. The number of hydrogen-bond donors (Lipinski definition) is 0. The van der Waals surface area contributed by atoms with Crippen LogP contribution in [-0.4, -0.2) is 0 Å². The van der Waals surface area contributed by atoms with E-state index in [9.17, 15) is 0 Å². The lowest BCUT2D eigenvalue weighted by atomic mass is 9.91. The maximum absolute atomic E-state index is 2.27. The molecule has 0 bridgehead atoms. The predicted octanol–water partition coefficient (Wildman–Crippen LogP) is 4.68. The van der Waals surface area contributed by atoms with E-state index in [0.717, 1.165) is 0 Å². The monoisotopic (exact) mass is 202 g/mol. The maximum atomic E-state index is 2.27. The molecule has 2 rings (SSSR count). The maximum Gasteiger partial charge on any atom is -0.0196 e. The average Bonchev–Trinajstić information content (AvgIpc) is 2.25. The fourth-order valence-corrected chi connectivity index (χ4v) is 1.78. The Balaban J connectivity index is 0.000000337. The molecule has 0 aromatic heterocycles. The molecule has 1 aliphatic carbocycles. The Morgan fingerprint density at radius 1 is 1.13 bits per heavy atom. The Hall–Kier alpha value is -1.04. The van der Waals surface area contributed by atoms with Gasteiger partial charge in [0.25, 0.3) is 0 Å². The zero-order valence-electron chi connectivity index (χ0n) is 10.4. The highest BCUT2D eigenvalue weighted by Gasteiger charge is 2.07. The Labute approximate surface area is 94.0 Å². The van der Waals surface area contributed by atoms with Gasteiger partial charge in [-0.05, 0) is 48.9 Å². The molecule has 1 aromatic rings. The summed E-state index contributed by atoms with van der Waals surface area (Å²) in [6.45, 7) is 8.64. The highest BCUT2D eigenvalue weighted by Crippen LogP contribution is 2.24. The lowest BCUT2D eigenvalue weighted by Gasteiger charge is -2.14. The lowest BCUT2D eigenvalue weighted by molar-refractivity contribution is 0.978. The molecule has 0 amide bonds. The summed E-state index contributed by atoms with van der Waals surface area (Å²) in [7, 11) is 0. The van der Waals surface area contributed by atoms with Crippen LogP contribution < -0.4 is 0 Å². The lowest BCUT2D eigenvalue weighted by Crippen LogP contribution is -1.97. The average molecular weight is 202 g/mol. The summed E-state index contributed by atoms with van der Waals surface area (Å²) in [5.41, 5.74) is 5.82. The summed E-state index contributed by atoms with van der Waals surface area (Å²) in [4.78, 5) is 0. The summed E-state index contributed by atoms with van der Waals surface area (Å²) in [5, 5.41) is 0. The van der Waals surface area contributed by atoms with Gasteiger partial charge in [-0.3, -0.25) is 0 Å². The molecule has 0 saturated carbocycles. The molecule has 0 nitrogen and oxygen atoms in total. The third-order valence-electron chi connectivity index (χ3n) is 2.74. The van der Waals surface area contributed by atoms with E-state index in [1.165, 1.54) is 41.5 Å². The van der Waals surface area contributed by atoms with Crippen molar-refractivity contribution in [2.24, 2.45) is 0 Å². The van der Waals surface area contributed by atoms with Crippen LogP contribution in [0.1, 0.15) is 48.9 Å². The number of aryl methyl sites for hydroxylation is 2. The van der Waals surface area contributed by atoms with Crippen molar-refractivity contribution in [1.29, 1.82) is 0 Å². The zero-order chi connectivity index (χ0) is 11.3. The molecule has 0 N–H and O–H groups in total. The summed E-state index contributed by atoms with van der Waals surface area (Å²) in [6.07, 6.45) is 8.21. The summed E-state index contributed by atoms with van der Waals surface area (Å²) in [6, 6.07) is 4.49. The van der Waals surface area contributed by atoms with Crippen LogP contribution in [0, 0.1) is 13.8 Å². The van der Waals surface area contributed by atoms with E-state index in [-0.39, 0.29) is 0 Å². The van der Waals surface area contributed by atoms with Crippen molar-refractivity contribution in [3.05, 3.63) is 40.5 Å². The number of benzene rings is 1. The zero-order valence-corrected chi connectivity index (χ0v) is 10.4. The van der Waals surface area contributed by atoms with Crippen molar-refractivity contribution >= 4 is 6.08 Å². The molecule has 0 saturated heterocycles. The molecule has 82 valence electrons. The second-order valence-electron chi connectivity index (χ2n) is 4.23. The van der Waals surface area contributed by atoms with Gasteiger partial charge in [0.15, 0.2) is 0 Å². The molecule has 0 radical (unpaired) electrons. The molecule has 0 heteroatoms. The van der Waals surface area contributed by atoms with Gasteiger partial charge in [-0.25, -0.2) is 0 Å². The highest BCUT2D eigenvalue weighted by molar-refractivity contribution is 5.61. The number of hydrogen-bond acceptors (Lipinski definition) is 0. The number of rotatable bonds is 0. The Morgan fingerprint density at radius 2 is 1.80 bits per heavy atom. The third kappa shape index (κ3) is 2.95.